The van der Waals surface area contributed by atoms with Crippen LogP contribution in [0.1, 0.15) is 12.5 Å². The van der Waals surface area contributed by atoms with Crippen molar-refractivity contribution in [3.8, 4) is 0 Å². The Kier molecular flexibility index (Phi) is 5.19. The van der Waals surface area contributed by atoms with Crippen LogP contribution >= 0.6 is 23.2 Å². The Labute approximate surface area is 144 Å². The molecule has 122 valence electrons. The van der Waals surface area contributed by atoms with Crippen molar-refractivity contribution in [1.29, 1.82) is 0 Å². The van der Waals surface area contributed by atoms with Crippen molar-refractivity contribution in [2.45, 2.75) is 18.7 Å². The lowest BCUT2D eigenvalue weighted by molar-refractivity contribution is -0.114. The molecule has 0 aliphatic heterocycles. The van der Waals surface area contributed by atoms with Crippen LogP contribution in [0, 0.1) is 6.92 Å². The van der Waals surface area contributed by atoms with Gasteiger partial charge in [0.05, 0.1) is 10.6 Å². The van der Waals surface area contributed by atoms with Crippen LogP contribution in [0.4, 0.5) is 11.4 Å². The first kappa shape index (κ1) is 17.6. The number of halogens is 2. The van der Waals surface area contributed by atoms with Crippen molar-refractivity contribution in [1.82, 2.24) is 0 Å². The summed E-state index contributed by atoms with van der Waals surface area (Å²) in [6.45, 7) is 3.08. The third-order valence-corrected chi connectivity index (χ3v) is 4.82. The van der Waals surface area contributed by atoms with Crippen LogP contribution in [-0.2, 0) is 14.8 Å². The van der Waals surface area contributed by atoms with Crippen LogP contribution in [-0.4, -0.2) is 14.3 Å². The topological polar surface area (TPSA) is 75.3 Å². The third-order valence-electron chi connectivity index (χ3n) is 3.04. The second-order valence-corrected chi connectivity index (χ2v) is 7.43. The van der Waals surface area contributed by atoms with Crippen LogP contribution in [0.5, 0.6) is 0 Å². The molecule has 0 saturated carbocycles. The van der Waals surface area contributed by atoms with Gasteiger partial charge in [0.15, 0.2) is 0 Å². The van der Waals surface area contributed by atoms with Crippen LogP contribution in [0.3, 0.4) is 0 Å². The molecule has 0 radical (unpaired) electrons. The quantitative estimate of drug-likeness (QED) is 0.849. The van der Waals surface area contributed by atoms with E-state index in [0.29, 0.717) is 16.9 Å². The van der Waals surface area contributed by atoms with Crippen molar-refractivity contribution in [3.05, 3.63) is 52.0 Å². The maximum absolute atomic E-state index is 12.5. The molecule has 5 nitrogen and oxygen atoms in total. The number of sulfonamides is 1. The fraction of sp³-hybridized carbons (Fsp3) is 0.133. The lowest BCUT2D eigenvalue weighted by Gasteiger charge is -2.14. The Balaban J connectivity index is 2.39. The van der Waals surface area contributed by atoms with Gasteiger partial charge in [-0.1, -0.05) is 29.3 Å². The van der Waals surface area contributed by atoms with Gasteiger partial charge in [-0.15, -0.1) is 0 Å². The highest BCUT2D eigenvalue weighted by Gasteiger charge is 2.17. The van der Waals surface area contributed by atoms with Crippen LogP contribution < -0.4 is 10.0 Å². The highest BCUT2D eigenvalue weighted by molar-refractivity contribution is 7.92. The van der Waals surface area contributed by atoms with Crippen LogP contribution in [0.25, 0.3) is 0 Å². The zero-order chi connectivity index (χ0) is 17.2. The molecule has 0 aliphatic carbocycles. The second-order valence-electron chi connectivity index (χ2n) is 4.87. The largest absolute Gasteiger partial charge is 0.326 e. The number of anilines is 2. The van der Waals surface area contributed by atoms with Crippen molar-refractivity contribution in [2.75, 3.05) is 10.0 Å². The monoisotopic (exact) mass is 372 g/mol. The van der Waals surface area contributed by atoms with E-state index in [1.165, 1.54) is 25.1 Å². The normalized spacial score (nSPS) is 11.1. The summed E-state index contributed by atoms with van der Waals surface area (Å²) in [5, 5.41) is 3.09. The Morgan fingerprint density at radius 3 is 2.17 bits per heavy atom. The summed E-state index contributed by atoms with van der Waals surface area (Å²) in [6, 6.07) is 8.99. The van der Waals surface area contributed by atoms with Crippen molar-refractivity contribution in [3.63, 3.8) is 0 Å². The molecule has 1 amide bonds. The van der Waals surface area contributed by atoms with E-state index in [1.807, 2.05) is 0 Å². The summed E-state index contributed by atoms with van der Waals surface area (Å²) in [7, 11) is -3.86. The second kappa shape index (κ2) is 6.78. The average molecular weight is 373 g/mol. The van der Waals surface area contributed by atoms with E-state index in [9.17, 15) is 13.2 Å². The summed E-state index contributed by atoms with van der Waals surface area (Å²) in [5.74, 6) is -0.241. The number of hydrogen-bond donors (Lipinski definition) is 2. The van der Waals surface area contributed by atoms with Crippen molar-refractivity contribution in [2.24, 2.45) is 0 Å². The van der Waals surface area contributed by atoms with E-state index in [1.54, 1.807) is 25.1 Å². The maximum Gasteiger partial charge on any atom is 0.262 e. The van der Waals surface area contributed by atoms with Gasteiger partial charge in [-0.25, -0.2) is 8.42 Å². The molecule has 2 aromatic carbocycles. The molecular weight excluding hydrogens is 359 g/mol. The summed E-state index contributed by atoms with van der Waals surface area (Å²) >= 11 is 11.7. The SMILES string of the molecule is CC(=O)Nc1cccc(NS(=O)(=O)c2cc(Cl)cc(Cl)c2)c1C. The number of benzene rings is 2. The van der Waals surface area contributed by atoms with E-state index in [0.717, 1.165) is 0 Å². The molecule has 0 fully saturated rings. The third kappa shape index (κ3) is 4.37. The average Bonchev–Trinajstić information content (AvgIpc) is 2.41. The minimum atomic E-state index is -3.86. The van der Waals surface area contributed by atoms with Gasteiger partial charge in [0, 0.05) is 22.7 Å². The van der Waals surface area contributed by atoms with Gasteiger partial charge in [0.1, 0.15) is 0 Å². The highest BCUT2D eigenvalue weighted by Crippen LogP contribution is 2.28. The molecule has 23 heavy (non-hydrogen) atoms. The molecule has 0 aliphatic rings. The maximum atomic E-state index is 12.5. The van der Waals surface area contributed by atoms with Gasteiger partial charge in [-0.3, -0.25) is 9.52 Å². The first-order chi connectivity index (χ1) is 10.7. The Bertz CT molecular complexity index is 847. The van der Waals surface area contributed by atoms with Crippen LogP contribution in [0.2, 0.25) is 10.0 Å². The molecule has 2 aromatic rings. The first-order valence-electron chi connectivity index (χ1n) is 6.55. The Hall–Kier alpha value is -1.76. The Morgan fingerprint density at radius 2 is 1.61 bits per heavy atom. The van der Waals surface area contributed by atoms with E-state index in [2.05, 4.69) is 10.0 Å². The van der Waals surface area contributed by atoms with Gasteiger partial charge in [-0.05, 0) is 42.8 Å². The molecule has 0 spiro atoms. The molecule has 0 saturated heterocycles. The standard InChI is InChI=1S/C15H14Cl2N2O3S/c1-9-14(18-10(2)20)4-3-5-15(9)19-23(21,22)13-7-11(16)6-12(17)8-13/h3-8,19H,1-2H3,(H,18,20). The first-order valence-corrected chi connectivity index (χ1v) is 8.79. The fourth-order valence-corrected chi connectivity index (χ4v) is 3.81. The summed E-state index contributed by atoms with van der Waals surface area (Å²) in [6.07, 6.45) is 0. The van der Waals surface area contributed by atoms with E-state index < -0.39 is 10.0 Å². The molecule has 0 heterocycles. The van der Waals surface area contributed by atoms with E-state index >= 15 is 0 Å². The summed E-state index contributed by atoms with van der Waals surface area (Å²) in [4.78, 5) is 11.1. The number of rotatable bonds is 4. The number of amides is 1. The van der Waals surface area contributed by atoms with E-state index in [4.69, 9.17) is 23.2 Å². The number of hydrogen-bond acceptors (Lipinski definition) is 3. The molecule has 8 heteroatoms. The predicted molar refractivity (Wildman–Crippen MR) is 92.8 cm³/mol. The number of carbonyl (C=O) groups is 1. The summed E-state index contributed by atoms with van der Waals surface area (Å²) < 4.78 is 27.4. The smallest absolute Gasteiger partial charge is 0.262 e. The predicted octanol–water partition coefficient (Wildman–Crippen LogP) is 4.06. The van der Waals surface area contributed by atoms with Gasteiger partial charge < -0.3 is 5.32 Å². The Morgan fingerprint density at radius 1 is 1.04 bits per heavy atom. The van der Waals surface area contributed by atoms with Crippen LogP contribution in [0.15, 0.2) is 41.3 Å². The number of nitrogens with one attached hydrogen (secondary N) is 2. The molecule has 0 aromatic heterocycles. The van der Waals surface area contributed by atoms with Gasteiger partial charge >= 0.3 is 0 Å². The van der Waals surface area contributed by atoms with E-state index in [-0.39, 0.29) is 20.8 Å². The zero-order valence-corrected chi connectivity index (χ0v) is 14.7. The van der Waals surface area contributed by atoms with Gasteiger partial charge in [0.2, 0.25) is 5.91 Å². The van der Waals surface area contributed by atoms with Crippen molar-refractivity contribution < 1.29 is 13.2 Å². The minimum absolute atomic E-state index is 0.0423. The lowest BCUT2D eigenvalue weighted by atomic mass is 10.1. The number of carbonyl (C=O) groups excluding carboxylic acids is 1. The minimum Gasteiger partial charge on any atom is -0.326 e. The molecule has 2 N–H and O–H groups in total. The van der Waals surface area contributed by atoms with Crippen molar-refractivity contribution >= 4 is 50.5 Å². The van der Waals surface area contributed by atoms with Gasteiger partial charge in [0.25, 0.3) is 10.0 Å². The highest BCUT2D eigenvalue weighted by atomic mass is 35.5. The molecule has 0 unspecified atom stereocenters. The fourth-order valence-electron chi connectivity index (χ4n) is 1.96. The lowest BCUT2D eigenvalue weighted by Crippen LogP contribution is -2.15. The summed E-state index contributed by atoms with van der Waals surface area (Å²) in [5.41, 5.74) is 1.48. The molecule has 2 rings (SSSR count). The molecule has 0 atom stereocenters. The molecular formula is C15H14Cl2N2O3S. The molecule has 0 bridgehead atoms. The zero-order valence-electron chi connectivity index (χ0n) is 12.4. The van der Waals surface area contributed by atoms with Gasteiger partial charge in [-0.2, -0.15) is 0 Å².